The minimum Gasteiger partial charge on any atom is -0.387 e. The molecule has 0 aromatic heterocycles. The topological polar surface area (TPSA) is 229 Å². The number of phosphoric acid groups is 2. The van der Waals surface area contributed by atoms with Crippen molar-refractivity contribution >= 4 is 15.6 Å². The molecule has 9 N–H and O–H groups in total. The van der Waals surface area contributed by atoms with Crippen molar-refractivity contribution in [3.05, 3.63) is 0 Å². The maximum absolute atomic E-state index is 10.6. The van der Waals surface area contributed by atoms with Gasteiger partial charge in [-0.3, -0.25) is 9.05 Å². The number of phosphoric ester groups is 2. The van der Waals surface area contributed by atoms with Gasteiger partial charge in [-0.05, 0) is 12.8 Å². The van der Waals surface area contributed by atoms with E-state index in [9.17, 15) is 24.4 Å². The van der Waals surface area contributed by atoms with E-state index in [2.05, 4.69) is 9.05 Å². The van der Waals surface area contributed by atoms with Gasteiger partial charge >= 0.3 is 15.6 Å². The van der Waals surface area contributed by atoms with E-state index < -0.39 is 53.0 Å². The number of hydrogen-bond acceptors (Lipinski definition) is 9. The Hall–Kier alpha value is 0.0200. The first kappa shape index (κ1) is 25.1. The van der Waals surface area contributed by atoms with Gasteiger partial charge in [0.2, 0.25) is 0 Å². The smallest absolute Gasteiger partial charge is 0.387 e. The van der Waals surface area contributed by atoms with Crippen LogP contribution in [0, 0.1) is 0 Å². The normalized spacial score (nSPS) is 33.3. The number of aliphatic hydroxyl groups is 3. The molecule has 162 valence electrons. The van der Waals surface area contributed by atoms with Crippen LogP contribution in [0.5, 0.6) is 0 Å². The monoisotopic (exact) mass is 439 g/mol. The summed E-state index contributed by atoms with van der Waals surface area (Å²) in [5.41, 5.74) is 5.63. The van der Waals surface area contributed by atoms with Gasteiger partial charge in [-0.1, -0.05) is 19.3 Å². The van der Waals surface area contributed by atoms with Crippen molar-refractivity contribution in [3.63, 3.8) is 0 Å². The fourth-order valence-corrected chi connectivity index (χ4v) is 3.37. The summed E-state index contributed by atoms with van der Waals surface area (Å²) >= 11 is 0. The van der Waals surface area contributed by atoms with E-state index in [0.717, 1.165) is 0 Å². The summed E-state index contributed by atoms with van der Waals surface area (Å²) in [6, 6.07) is 0.536. The Morgan fingerprint density at radius 1 is 0.889 bits per heavy atom. The van der Waals surface area contributed by atoms with Crippen molar-refractivity contribution in [1.29, 1.82) is 0 Å². The van der Waals surface area contributed by atoms with Crippen LogP contribution in [0.25, 0.3) is 0 Å². The fourth-order valence-electron chi connectivity index (χ4n) is 2.58. The highest BCUT2D eigenvalue weighted by atomic mass is 31.2. The van der Waals surface area contributed by atoms with Gasteiger partial charge in [0.1, 0.15) is 24.4 Å². The molecule has 2 aliphatic rings. The minimum absolute atomic E-state index is 0.536. The first-order chi connectivity index (χ1) is 12.3. The molecule has 1 saturated heterocycles. The van der Waals surface area contributed by atoms with E-state index in [-0.39, 0.29) is 0 Å². The third-order valence-electron chi connectivity index (χ3n) is 3.97. The van der Waals surface area contributed by atoms with Gasteiger partial charge in [-0.2, -0.15) is 0 Å². The number of nitrogens with two attached hydrogens (primary N) is 1. The molecule has 0 amide bonds. The summed E-state index contributed by atoms with van der Waals surface area (Å²) in [4.78, 5) is 34.1. The molecule has 0 bridgehead atoms. The molecule has 1 aliphatic carbocycles. The van der Waals surface area contributed by atoms with Crippen molar-refractivity contribution in [3.8, 4) is 0 Å². The van der Waals surface area contributed by atoms with Crippen molar-refractivity contribution in [2.24, 2.45) is 5.73 Å². The lowest BCUT2D eigenvalue weighted by molar-refractivity contribution is -0.279. The van der Waals surface area contributed by atoms with Gasteiger partial charge < -0.3 is 45.4 Å². The van der Waals surface area contributed by atoms with Crippen molar-refractivity contribution in [1.82, 2.24) is 0 Å². The zero-order chi connectivity index (χ0) is 20.8. The van der Waals surface area contributed by atoms with Crippen LogP contribution in [-0.2, 0) is 22.9 Å². The van der Waals surface area contributed by atoms with Gasteiger partial charge in [-0.15, -0.1) is 0 Å². The molecule has 0 radical (unpaired) electrons. The Morgan fingerprint density at radius 2 is 1.44 bits per heavy atom. The molecule has 2 rings (SSSR count). The van der Waals surface area contributed by atoms with Gasteiger partial charge in [0, 0.05) is 6.04 Å². The standard InChI is InChI=1S/C6H13N.C6H14O12P2/c7-6-4-2-1-3-5-6;7-3-2(1-16-19(10,11)12)17-6(5(9)4(3)8)18-20(13,14)15/h6H,1-5,7H2;2-9H,1H2,(H2,10,11,12)(H2,13,14,15)/t;2-,3-,4+,5-,6+/m.1/s1. The summed E-state index contributed by atoms with van der Waals surface area (Å²) in [6.45, 7) is -0.907. The Balaban J connectivity index is 0.000000433. The molecule has 1 saturated carbocycles. The molecule has 1 heterocycles. The lowest BCUT2D eigenvalue weighted by Gasteiger charge is -2.39. The van der Waals surface area contributed by atoms with E-state index >= 15 is 0 Å². The van der Waals surface area contributed by atoms with Crippen LogP contribution >= 0.6 is 15.6 Å². The molecule has 15 heteroatoms. The van der Waals surface area contributed by atoms with Crippen molar-refractivity contribution in [2.75, 3.05) is 6.61 Å². The predicted molar refractivity (Wildman–Crippen MR) is 88.9 cm³/mol. The van der Waals surface area contributed by atoms with E-state index in [1.54, 1.807) is 0 Å². The third-order valence-corrected chi connectivity index (χ3v) is 4.93. The summed E-state index contributed by atoms with van der Waals surface area (Å²) in [7, 11) is -9.95. The van der Waals surface area contributed by atoms with Gasteiger partial charge in [0.25, 0.3) is 0 Å². The Morgan fingerprint density at radius 3 is 1.85 bits per heavy atom. The average Bonchev–Trinajstić information content (AvgIpc) is 2.54. The van der Waals surface area contributed by atoms with E-state index in [4.69, 9.17) is 30.0 Å². The molecule has 0 aromatic rings. The van der Waals surface area contributed by atoms with Crippen molar-refractivity contribution in [2.45, 2.75) is 68.9 Å². The first-order valence-corrected chi connectivity index (χ1v) is 11.3. The van der Waals surface area contributed by atoms with Gasteiger partial charge in [0.15, 0.2) is 6.29 Å². The van der Waals surface area contributed by atoms with E-state index in [0.29, 0.717) is 6.04 Å². The van der Waals surface area contributed by atoms with Crippen LogP contribution in [-0.4, -0.2) is 78.2 Å². The third kappa shape index (κ3) is 9.86. The molecule has 5 atom stereocenters. The summed E-state index contributed by atoms with van der Waals surface area (Å²) in [5.74, 6) is 0. The lowest BCUT2D eigenvalue weighted by atomic mass is 9.97. The quantitative estimate of drug-likeness (QED) is 0.223. The predicted octanol–water partition coefficient (Wildman–Crippen LogP) is -1.71. The largest absolute Gasteiger partial charge is 0.472 e. The Labute approximate surface area is 155 Å². The molecule has 1 aliphatic heterocycles. The van der Waals surface area contributed by atoms with Crippen LogP contribution in [0.3, 0.4) is 0 Å². The molecule has 0 spiro atoms. The molecule has 0 aromatic carbocycles. The summed E-state index contributed by atoms with van der Waals surface area (Å²) < 4.78 is 33.9. The van der Waals surface area contributed by atoms with Gasteiger partial charge in [-0.25, -0.2) is 9.13 Å². The van der Waals surface area contributed by atoms with Gasteiger partial charge in [0.05, 0.1) is 6.61 Å². The van der Waals surface area contributed by atoms with Crippen LogP contribution in [0.15, 0.2) is 0 Å². The number of aliphatic hydroxyl groups excluding tert-OH is 3. The summed E-state index contributed by atoms with van der Waals surface area (Å²) in [6.07, 6.45) is -2.66. The van der Waals surface area contributed by atoms with Crippen LogP contribution in [0.2, 0.25) is 0 Å². The van der Waals surface area contributed by atoms with E-state index in [1.165, 1.54) is 32.1 Å². The highest BCUT2D eigenvalue weighted by Crippen LogP contribution is 2.41. The average molecular weight is 439 g/mol. The first-order valence-electron chi connectivity index (χ1n) is 8.19. The highest BCUT2D eigenvalue weighted by Gasteiger charge is 2.47. The number of rotatable bonds is 5. The molecule has 0 unspecified atom stereocenters. The zero-order valence-corrected chi connectivity index (χ0v) is 16.1. The molecule has 13 nitrogen and oxygen atoms in total. The second-order valence-electron chi connectivity index (χ2n) is 6.30. The van der Waals surface area contributed by atoms with E-state index in [1.807, 2.05) is 0 Å². The minimum atomic E-state index is -5.07. The number of ether oxygens (including phenoxy) is 1. The molecule has 27 heavy (non-hydrogen) atoms. The maximum atomic E-state index is 10.6. The van der Waals surface area contributed by atoms with Crippen LogP contribution < -0.4 is 5.73 Å². The maximum Gasteiger partial charge on any atom is 0.472 e. The van der Waals surface area contributed by atoms with Crippen LogP contribution in [0.1, 0.15) is 32.1 Å². The second kappa shape index (κ2) is 10.7. The highest BCUT2D eigenvalue weighted by molar-refractivity contribution is 7.46. The SMILES string of the molecule is NC1CCCCC1.O=P(O)(O)OC[C@H]1O[C@@H](OP(=O)(O)O)[C@H](O)[C@@H](O)[C@@H]1O. The Kier molecular flexibility index (Phi) is 9.93. The summed E-state index contributed by atoms with van der Waals surface area (Å²) in [5, 5.41) is 28.4. The zero-order valence-electron chi connectivity index (χ0n) is 14.4. The molecular weight excluding hydrogens is 412 g/mol. The Bertz CT molecular complexity index is 530. The molecular formula is C12H27NO12P2. The second-order valence-corrected chi connectivity index (χ2v) is 8.73. The number of hydrogen-bond donors (Lipinski definition) is 8. The fraction of sp³-hybridized carbons (Fsp3) is 1.00. The van der Waals surface area contributed by atoms with Crippen molar-refractivity contribution < 1.29 is 57.8 Å². The van der Waals surface area contributed by atoms with Crippen LogP contribution in [0.4, 0.5) is 0 Å². The lowest BCUT2D eigenvalue weighted by Crippen LogP contribution is -2.59. The molecule has 2 fully saturated rings.